The lowest BCUT2D eigenvalue weighted by Crippen LogP contribution is -2.10. The number of carbonyl (C=O) groups excluding carboxylic acids is 1. The summed E-state index contributed by atoms with van der Waals surface area (Å²) in [5.74, 6) is -0.590. The molecule has 0 aliphatic rings. The summed E-state index contributed by atoms with van der Waals surface area (Å²) in [7, 11) is -3.43. The van der Waals surface area contributed by atoms with Gasteiger partial charge < -0.3 is 5.73 Å². The molecule has 0 aliphatic heterocycles. The lowest BCUT2D eigenvalue weighted by Gasteiger charge is -1.99. The van der Waals surface area contributed by atoms with Gasteiger partial charge in [-0.3, -0.25) is 4.79 Å². The molecule has 1 aromatic rings. The highest BCUT2D eigenvalue weighted by molar-refractivity contribution is 7.94. The van der Waals surface area contributed by atoms with Crippen molar-refractivity contribution in [2.45, 2.75) is 4.90 Å². The summed E-state index contributed by atoms with van der Waals surface area (Å²) < 4.78 is 22.5. The summed E-state index contributed by atoms with van der Waals surface area (Å²) in [6, 6.07) is 5.35. The second-order valence-electron chi connectivity index (χ2n) is 2.60. The van der Waals surface area contributed by atoms with E-state index in [2.05, 4.69) is 6.58 Å². The van der Waals surface area contributed by atoms with Gasteiger partial charge in [-0.1, -0.05) is 6.58 Å². The largest absolute Gasteiger partial charge is 0.366 e. The highest BCUT2D eigenvalue weighted by Crippen LogP contribution is 2.12. The van der Waals surface area contributed by atoms with Gasteiger partial charge in [0.1, 0.15) is 0 Å². The first-order valence-electron chi connectivity index (χ1n) is 3.75. The van der Waals surface area contributed by atoms with Crippen molar-refractivity contribution in [2.24, 2.45) is 5.73 Å². The molecule has 0 spiro atoms. The number of benzene rings is 1. The Morgan fingerprint density at radius 1 is 1.29 bits per heavy atom. The van der Waals surface area contributed by atoms with Crippen LogP contribution in [0.2, 0.25) is 0 Å². The average molecular weight is 211 g/mol. The molecule has 1 rings (SSSR count). The Bertz CT molecular complexity index is 459. The molecule has 0 saturated carbocycles. The number of sulfone groups is 1. The van der Waals surface area contributed by atoms with Crippen molar-refractivity contribution in [1.82, 2.24) is 0 Å². The molecule has 0 aromatic heterocycles. The fourth-order valence-electron chi connectivity index (χ4n) is 0.905. The molecule has 1 amide bonds. The predicted molar refractivity (Wildman–Crippen MR) is 52.3 cm³/mol. The lowest BCUT2D eigenvalue weighted by atomic mass is 10.2. The Labute approximate surface area is 82.0 Å². The van der Waals surface area contributed by atoms with Gasteiger partial charge in [0.25, 0.3) is 0 Å². The normalized spacial score (nSPS) is 10.9. The van der Waals surface area contributed by atoms with Crippen LogP contribution in [0.3, 0.4) is 0 Å². The van der Waals surface area contributed by atoms with Crippen molar-refractivity contribution in [2.75, 3.05) is 0 Å². The maximum Gasteiger partial charge on any atom is 0.248 e. The number of hydrogen-bond donors (Lipinski definition) is 1. The molecule has 0 heterocycles. The van der Waals surface area contributed by atoms with E-state index < -0.39 is 15.7 Å². The maximum absolute atomic E-state index is 11.2. The van der Waals surface area contributed by atoms with E-state index in [1.807, 2.05) is 0 Å². The van der Waals surface area contributed by atoms with Gasteiger partial charge in [-0.2, -0.15) is 0 Å². The van der Waals surface area contributed by atoms with Crippen LogP contribution in [-0.2, 0) is 9.84 Å². The van der Waals surface area contributed by atoms with Crippen molar-refractivity contribution in [3.05, 3.63) is 41.8 Å². The number of carbonyl (C=O) groups is 1. The average Bonchev–Trinajstić information content (AvgIpc) is 2.18. The third-order valence-electron chi connectivity index (χ3n) is 1.69. The Hall–Kier alpha value is -1.62. The smallest absolute Gasteiger partial charge is 0.248 e. The van der Waals surface area contributed by atoms with E-state index in [0.717, 1.165) is 5.41 Å². The van der Waals surface area contributed by atoms with E-state index in [1.54, 1.807) is 0 Å². The molecule has 2 N–H and O–H groups in total. The summed E-state index contributed by atoms with van der Waals surface area (Å²) in [6.45, 7) is 3.19. The van der Waals surface area contributed by atoms with Gasteiger partial charge in [-0.15, -0.1) is 0 Å². The molecule has 0 radical (unpaired) electrons. The Balaban J connectivity index is 3.19. The van der Waals surface area contributed by atoms with Gasteiger partial charge in [0, 0.05) is 11.0 Å². The number of amides is 1. The fourth-order valence-corrected chi connectivity index (χ4v) is 1.61. The van der Waals surface area contributed by atoms with E-state index >= 15 is 0 Å². The van der Waals surface area contributed by atoms with E-state index in [-0.39, 0.29) is 10.5 Å². The fraction of sp³-hybridized carbons (Fsp3) is 0. The van der Waals surface area contributed by atoms with Crippen LogP contribution >= 0.6 is 0 Å². The van der Waals surface area contributed by atoms with Crippen molar-refractivity contribution in [3.63, 3.8) is 0 Å². The molecule has 4 nitrogen and oxygen atoms in total. The van der Waals surface area contributed by atoms with E-state index in [1.165, 1.54) is 24.3 Å². The molecule has 0 saturated heterocycles. The second-order valence-corrected chi connectivity index (χ2v) is 4.50. The van der Waals surface area contributed by atoms with Crippen LogP contribution in [-0.4, -0.2) is 14.3 Å². The van der Waals surface area contributed by atoms with E-state index in [9.17, 15) is 13.2 Å². The van der Waals surface area contributed by atoms with Crippen molar-refractivity contribution >= 4 is 15.7 Å². The van der Waals surface area contributed by atoms with Gasteiger partial charge in [0.15, 0.2) is 9.84 Å². The summed E-state index contributed by atoms with van der Waals surface area (Å²) in [5.41, 5.74) is 5.27. The van der Waals surface area contributed by atoms with Crippen LogP contribution in [0, 0.1) is 0 Å². The lowest BCUT2D eigenvalue weighted by molar-refractivity contribution is 0.1000. The molecular weight excluding hydrogens is 202 g/mol. The summed E-state index contributed by atoms with van der Waals surface area (Å²) in [6.07, 6.45) is 0. The number of hydrogen-bond acceptors (Lipinski definition) is 3. The highest BCUT2D eigenvalue weighted by atomic mass is 32.2. The van der Waals surface area contributed by atoms with Gasteiger partial charge in [0.2, 0.25) is 5.91 Å². The third-order valence-corrected chi connectivity index (χ3v) is 3.05. The SMILES string of the molecule is C=CS(=O)(=O)c1ccc(C(N)=O)cc1. The number of primary amides is 1. The highest BCUT2D eigenvalue weighted by Gasteiger charge is 2.09. The van der Waals surface area contributed by atoms with Gasteiger partial charge in [-0.05, 0) is 24.3 Å². The molecule has 0 aliphatic carbocycles. The van der Waals surface area contributed by atoms with Crippen molar-refractivity contribution in [1.29, 1.82) is 0 Å². The van der Waals surface area contributed by atoms with Gasteiger partial charge >= 0.3 is 0 Å². The number of rotatable bonds is 3. The summed E-state index contributed by atoms with van der Waals surface area (Å²) in [5, 5.41) is 0.853. The molecule has 0 unspecified atom stereocenters. The molecule has 1 aromatic carbocycles. The van der Waals surface area contributed by atoms with Crippen LogP contribution in [0.1, 0.15) is 10.4 Å². The molecule has 0 atom stereocenters. The number of nitrogens with two attached hydrogens (primary N) is 1. The van der Waals surface area contributed by atoms with E-state index in [0.29, 0.717) is 0 Å². The first kappa shape index (κ1) is 10.5. The second kappa shape index (κ2) is 3.63. The molecule has 74 valence electrons. The Kier molecular flexibility index (Phi) is 2.71. The minimum atomic E-state index is -3.43. The zero-order valence-electron chi connectivity index (χ0n) is 7.30. The zero-order chi connectivity index (χ0) is 10.8. The van der Waals surface area contributed by atoms with Crippen LogP contribution < -0.4 is 5.73 Å². The van der Waals surface area contributed by atoms with Crippen LogP contribution in [0.25, 0.3) is 0 Å². The molecule has 0 fully saturated rings. The third kappa shape index (κ3) is 2.00. The molecule has 5 heteroatoms. The monoisotopic (exact) mass is 211 g/mol. The Morgan fingerprint density at radius 3 is 2.14 bits per heavy atom. The molecule has 0 bridgehead atoms. The quantitative estimate of drug-likeness (QED) is 0.799. The van der Waals surface area contributed by atoms with Crippen molar-refractivity contribution in [3.8, 4) is 0 Å². The van der Waals surface area contributed by atoms with Crippen LogP contribution in [0.5, 0.6) is 0 Å². The standard InChI is InChI=1S/C9H9NO3S/c1-2-14(12,13)8-5-3-7(4-6-8)9(10)11/h2-6H,1H2,(H2,10,11). The van der Waals surface area contributed by atoms with Crippen molar-refractivity contribution < 1.29 is 13.2 Å². The minimum Gasteiger partial charge on any atom is -0.366 e. The maximum atomic E-state index is 11.2. The molecular formula is C9H9NO3S. The van der Waals surface area contributed by atoms with Gasteiger partial charge in [-0.25, -0.2) is 8.42 Å². The first-order chi connectivity index (χ1) is 6.47. The zero-order valence-corrected chi connectivity index (χ0v) is 8.12. The van der Waals surface area contributed by atoms with E-state index in [4.69, 9.17) is 5.73 Å². The summed E-state index contributed by atoms with van der Waals surface area (Å²) in [4.78, 5) is 10.8. The van der Waals surface area contributed by atoms with Crippen LogP contribution in [0.15, 0.2) is 41.1 Å². The molecule has 14 heavy (non-hydrogen) atoms. The summed E-state index contributed by atoms with van der Waals surface area (Å²) >= 11 is 0. The minimum absolute atomic E-state index is 0.0949. The first-order valence-corrected chi connectivity index (χ1v) is 5.29. The Morgan fingerprint density at radius 2 is 1.79 bits per heavy atom. The van der Waals surface area contributed by atoms with Gasteiger partial charge in [0.05, 0.1) is 4.90 Å². The van der Waals surface area contributed by atoms with Crippen LogP contribution in [0.4, 0.5) is 0 Å². The predicted octanol–water partition coefficient (Wildman–Crippen LogP) is 0.703. The topological polar surface area (TPSA) is 77.2 Å².